The van der Waals surface area contributed by atoms with Crippen molar-refractivity contribution in [2.45, 2.75) is 26.7 Å². The minimum atomic E-state index is 0.229. The summed E-state index contributed by atoms with van der Waals surface area (Å²) in [5.74, 6) is 1.04. The molecule has 0 aliphatic heterocycles. The largest absolute Gasteiger partial charge is 0.268 e. The van der Waals surface area contributed by atoms with Gasteiger partial charge in [0.25, 0.3) is 0 Å². The smallest absolute Gasteiger partial charge is 0.229 e. The molecular weight excluding hydrogens is 257 g/mol. The van der Waals surface area contributed by atoms with Crippen LogP contribution in [0.4, 0.5) is 0 Å². The van der Waals surface area contributed by atoms with Gasteiger partial charge in [-0.25, -0.2) is 0 Å². The van der Waals surface area contributed by atoms with E-state index in [4.69, 9.17) is 23.2 Å². The number of benzene rings is 1. The zero-order chi connectivity index (χ0) is 12.6. The van der Waals surface area contributed by atoms with E-state index in [0.29, 0.717) is 10.3 Å². The van der Waals surface area contributed by atoms with E-state index in [2.05, 4.69) is 10.2 Å². The van der Waals surface area contributed by atoms with Crippen molar-refractivity contribution in [2.24, 2.45) is 0 Å². The monoisotopic (exact) mass is 269 g/mol. The van der Waals surface area contributed by atoms with Gasteiger partial charge in [-0.1, -0.05) is 31.5 Å². The van der Waals surface area contributed by atoms with Crippen LogP contribution >= 0.6 is 23.2 Å². The fourth-order valence-electron chi connectivity index (χ4n) is 1.67. The summed E-state index contributed by atoms with van der Waals surface area (Å²) >= 11 is 12.3. The Kier molecular flexibility index (Phi) is 3.40. The lowest BCUT2D eigenvalue weighted by atomic mass is 10.2. The van der Waals surface area contributed by atoms with Crippen LogP contribution in [0.5, 0.6) is 0 Å². The molecule has 90 valence electrons. The highest BCUT2D eigenvalue weighted by Crippen LogP contribution is 2.28. The summed E-state index contributed by atoms with van der Waals surface area (Å²) in [5.41, 5.74) is 1.92. The van der Waals surface area contributed by atoms with Gasteiger partial charge in [0.1, 0.15) is 5.82 Å². The molecule has 2 rings (SSSR count). The first-order valence-electron chi connectivity index (χ1n) is 5.38. The van der Waals surface area contributed by atoms with Gasteiger partial charge in [0, 0.05) is 5.92 Å². The summed E-state index contributed by atoms with van der Waals surface area (Å²) in [5, 5.41) is 8.95. The van der Waals surface area contributed by atoms with Crippen LogP contribution in [-0.2, 0) is 0 Å². The van der Waals surface area contributed by atoms with E-state index in [1.807, 2.05) is 39.0 Å². The minimum Gasteiger partial charge on any atom is -0.268 e. The molecule has 0 amide bonds. The van der Waals surface area contributed by atoms with E-state index in [-0.39, 0.29) is 5.92 Å². The van der Waals surface area contributed by atoms with Gasteiger partial charge in [0.05, 0.1) is 10.7 Å². The zero-order valence-corrected chi connectivity index (χ0v) is 11.4. The van der Waals surface area contributed by atoms with Crippen LogP contribution < -0.4 is 0 Å². The van der Waals surface area contributed by atoms with Crippen LogP contribution in [0.25, 0.3) is 5.69 Å². The number of rotatable bonds is 2. The molecule has 1 aromatic carbocycles. The molecule has 0 bridgehead atoms. The Morgan fingerprint density at radius 2 is 1.88 bits per heavy atom. The maximum Gasteiger partial charge on any atom is 0.229 e. The van der Waals surface area contributed by atoms with Crippen molar-refractivity contribution in [1.82, 2.24) is 14.8 Å². The highest BCUT2D eigenvalue weighted by Gasteiger charge is 2.16. The van der Waals surface area contributed by atoms with Crippen molar-refractivity contribution in [2.75, 3.05) is 0 Å². The summed E-state index contributed by atoms with van der Waals surface area (Å²) in [7, 11) is 0. The van der Waals surface area contributed by atoms with Crippen LogP contribution in [0.3, 0.4) is 0 Å². The van der Waals surface area contributed by atoms with E-state index in [0.717, 1.165) is 17.1 Å². The lowest BCUT2D eigenvalue weighted by molar-refractivity contribution is 0.745. The fourth-order valence-corrected chi connectivity index (χ4v) is 2.20. The van der Waals surface area contributed by atoms with Gasteiger partial charge < -0.3 is 0 Å². The van der Waals surface area contributed by atoms with Crippen LogP contribution in [-0.4, -0.2) is 14.8 Å². The number of nitrogens with zero attached hydrogens (tertiary/aromatic N) is 3. The molecule has 0 saturated heterocycles. The van der Waals surface area contributed by atoms with E-state index in [1.54, 1.807) is 4.57 Å². The molecule has 0 radical (unpaired) electrons. The second-order valence-electron chi connectivity index (χ2n) is 4.27. The Labute approximate surface area is 110 Å². The Morgan fingerprint density at radius 1 is 1.18 bits per heavy atom. The van der Waals surface area contributed by atoms with Crippen molar-refractivity contribution in [1.29, 1.82) is 0 Å². The first-order valence-corrected chi connectivity index (χ1v) is 6.13. The number of hydrogen-bond donors (Lipinski definition) is 0. The van der Waals surface area contributed by atoms with Crippen molar-refractivity contribution in [3.63, 3.8) is 0 Å². The Bertz CT molecular complexity index is 547. The minimum absolute atomic E-state index is 0.229. The van der Waals surface area contributed by atoms with E-state index in [1.165, 1.54) is 0 Å². The highest BCUT2D eigenvalue weighted by molar-refractivity contribution is 6.33. The normalized spacial score (nSPS) is 11.2. The molecule has 0 N–H and O–H groups in total. The third kappa shape index (κ3) is 2.31. The summed E-state index contributed by atoms with van der Waals surface area (Å²) in [6.45, 7) is 6.07. The molecule has 2 aromatic rings. The number of aryl methyl sites for hydroxylation is 1. The quantitative estimate of drug-likeness (QED) is 0.825. The van der Waals surface area contributed by atoms with Gasteiger partial charge in [0.15, 0.2) is 0 Å². The fraction of sp³-hybridized carbons (Fsp3) is 0.333. The Morgan fingerprint density at radius 3 is 2.47 bits per heavy atom. The standard InChI is InChI=1S/C12H13Cl2N3/c1-7(2)11-15-16-12(14)17(11)10-5-4-8(3)6-9(10)13/h4-7H,1-3H3. The molecule has 0 unspecified atom stereocenters. The van der Waals surface area contributed by atoms with Crippen molar-refractivity contribution < 1.29 is 0 Å². The van der Waals surface area contributed by atoms with Gasteiger partial charge in [-0.05, 0) is 36.2 Å². The number of hydrogen-bond acceptors (Lipinski definition) is 2. The first-order chi connectivity index (χ1) is 8.00. The van der Waals surface area contributed by atoms with Crippen LogP contribution in [0.2, 0.25) is 10.3 Å². The molecule has 0 atom stereocenters. The van der Waals surface area contributed by atoms with E-state index in [9.17, 15) is 0 Å². The lowest BCUT2D eigenvalue weighted by Crippen LogP contribution is -2.04. The number of halogens is 2. The predicted octanol–water partition coefficient (Wildman–Crippen LogP) is 4.01. The maximum absolute atomic E-state index is 6.23. The predicted molar refractivity (Wildman–Crippen MR) is 70.2 cm³/mol. The van der Waals surface area contributed by atoms with Crippen molar-refractivity contribution in [3.05, 3.63) is 39.9 Å². The van der Waals surface area contributed by atoms with Gasteiger partial charge in [-0.15, -0.1) is 10.2 Å². The Balaban J connectivity index is 2.63. The zero-order valence-electron chi connectivity index (χ0n) is 9.91. The SMILES string of the molecule is Cc1ccc(-n2c(Cl)nnc2C(C)C)c(Cl)c1. The highest BCUT2D eigenvalue weighted by atomic mass is 35.5. The topological polar surface area (TPSA) is 30.7 Å². The van der Waals surface area contributed by atoms with Gasteiger partial charge in [-0.3, -0.25) is 4.57 Å². The summed E-state index contributed by atoms with van der Waals surface area (Å²) in [6.07, 6.45) is 0. The molecule has 0 aliphatic carbocycles. The van der Waals surface area contributed by atoms with Crippen LogP contribution in [0.1, 0.15) is 31.2 Å². The Hall–Kier alpha value is -1.06. The lowest BCUT2D eigenvalue weighted by Gasteiger charge is -2.11. The van der Waals surface area contributed by atoms with Crippen molar-refractivity contribution >= 4 is 23.2 Å². The van der Waals surface area contributed by atoms with Crippen LogP contribution in [0, 0.1) is 6.92 Å². The van der Waals surface area contributed by atoms with E-state index < -0.39 is 0 Å². The molecule has 0 fully saturated rings. The molecule has 0 saturated carbocycles. The first kappa shape index (κ1) is 12.4. The molecule has 3 nitrogen and oxygen atoms in total. The molecule has 17 heavy (non-hydrogen) atoms. The third-order valence-electron chi connectivity index (χ3n) is 2.51. The van der Waals surface area contributed by atoms with Gasteiger partial charge in [-0.2, -0.15) is 0 Å². The third-order valence-corrected chi connectivity index (χ3v) is 3.06. The number of aromatic nitrogens is 3. The van der Waals surface area contributed by atoms with Gasteiger partial charge in [0.2, 0.25) is 5.28 Å². The average Bonchev–Trinajstić information content (AvgIpc) is 2.60. The van der Waals surface area contributed by atoms with Gasteiger partial charge >= 0.3 is 0 Å². The van der Waals surface area contributed by atoms with Crippen LogP contribution in [0.15, 0.2) is 18.2 Å². The second kappa shape index (κ2) is 4.67. The van der Waals surface area contributed by atoms with Crippen molar-refractivity contribution in [3.8, 4) is 5.69 Å². The molecule has 0 spiro atoms. The molecule has 1 aromatic heterocycles. The maximum atomic E-state index is 6.23. The molecule has 5 heteroatoms. The summed E-state index contributed by atoms with van der Waals surface area (Å²) in [6, 6.07) is 5.82. The average molecular weight is 270 g/mol. The second-order valence-corrected chi connectivity index (χ2v) is 5.02. The van der Waals surface area contributed by atoms with E-state index >= 15 is 0 Å². The molecule has 1 heterocycles. The molecule has 0 aliphatic rings. The molecular formula is C12H13Cl2N3. The summed E-state index contributed by atoms with van der Waals surface area (Å²) < 4.78 is 1.79. The summed E-state index contributed by atoms with van der Waals surface area (Å²) in [4.78, 5) is 0.